The van der Waals surface area contributed by atoms with Crippen LogP contribution in [0.4, 0.5) is 5.69 Å². The van der Waals surface area contributed by atoms with Crippen LogP contribution in [0.15, 0.2) is 18.2 Å². The Bertz CT molecular complexity index is 403. The van der Waals surface area contributed by atoms with Crippen LogP contribution in [0.5, 0.6) is 0 Å². The molecule has 1 saturated heterocycles. The van der Waals surface area contributed by atoms with Crippen LogP contribution in [0, 0.1) is 13.8 Å². The maximum Gasteiger partial charge on any atom is 0.0399 e. The number of hydrogen-bond donors (Lipinski definition) is 1. The summed E-state index contributed by atoms with van der Waals surface area (Å²) in [6.45, 7) is 11.8. The highest BCUT2D eigenvalue weighted by Crippen LogP contribution is 2.24. The molecule has 0 aliphatic carbocycles. The molecule has 0 spiro atoms. The van der Waals surface area contributed by atoms with Gasteiger partial charge in [-0.2, -0.15) is 0 Å². The quantitative estimate of drug-likeness (QED) is 0.883. The molecule has 1 aromatic carbocycles. The van der Waals surface area contributed by atoms with Crippen LogP contribution in [0.25, 0.3) is 0 Å². The van der Waals surface area contributed by atoms with Gasteiger partial charge in [-0.3, -0.25) is 4.90 Å². The van der Waals surface area contributed by atoms with E-state index in [9.17, 15) is 0 Å². The van der Waals surface area contributed by atoms with Gasteiger partial charge in [0.05, 0.1) is 0 Å². The van der Waals surface area contributed by atoms with Gasteiger partial charge in [-0.1, -0.05) is 12.1 Å². The van der Waals surface area contributed by atoms with Gasteiger partial charge in [0.2, 0.25) is 0 Å². The third-order valence-electron chi connectivity index (χ3n) is 3.89. The second-order valence-electron chi connectivity index (χ2n) is 5.41. The van der Waals surface area contributed by atoms with E-state index in [1.165, 1.54) is 16.8 Å². The molecule has 1 aliphatic rings. The predicted octanol–water partition coefficient (Wildman–Crippen LogP) is 1.77. The van der Waals surface area contributed by atoms with Crippen molar-refractivity contribution in [3.8, 4) is 0 Å². The highest BCUT2D eigenvalue weighted by atomic mass is 15.3. The second-order valence-corrected chi connectivity index (χ2v) is 5.41. The van der Waals surface area contributed by atoms with E-state index in [4.69, 9.17) is 5.73 Å². The van der Waals surface area contributed by atoms with Crippen molar-refractivity contribution in [3.63, 3.8) is 0 Å². The lowest BCUT2D eigenvalue weighted by Crippen LogP contribution is -2.53. The van der Waals surface area contributed by atoms with Crippen LogP contribution in [0.2, 0.25) is 0 Å². The summed E-state index contributed by atoms with van der Waals surface area (Å²) in [5.74, 6) is 0. The summed E-state index contributed by atoms with van der Waals surface area (Å²) in [5, 5.41) is 0. The molecule has 1 heterocycles. The van der Waals surface area contributed by atoms with Gasteiger partial charge in [0.15, 0.2) is 0 Å². The number of hydrogen-bond acceptors (Lipinski definition) is 3. The molecule has 1 aliphatic heterocycles. The Balaban J connectivity index is 2.10. The lowest BCUT2D eigenvalue weighted by Gasteiger charge is -2.41. The van der Waals surface area contributed by atoms with E-state index >= 15 is 0 Å². The van der Waals surface area contributed by atoms with Crippen molar-refractivity contribution in [1.82, 2.24) is 4.90 Å². The number of rotatable bonds is 3. The van der Waals surface area contributed by atoms with Crippen LogP contribution in [0.3, 0.4) is 0 Å². The smallest absolute Gasteiger partial charge is 0.0399 e. The topological polar surface area (TPSA) is 32.5 Å². The fourth-order valence-corrected chi connectivity index (χ4v) is 2.77. The average molecular weight is 247 g/mol. The largest absolute Gasteiger partial charge is 0.368 e. The van der Waals surface area contributed by atoms with Crippen molar-refractivity contribution in [3.05, 3.63) is 29.3 Å². The van der Waals surface area contributed by atoms with Crippen molar-refractivity contribution >= 4 is 5.69 Å². The first-order valence-electron chi connectivity index (χ1n) is 6.88. The lowest BCUT2D eigenvalue weighted by molar-refractivity contribution is 0.195. The minimum atomic E-state index is 0.585. The molecular weight excluding hydrogens is 222 g/mol. The van der Waals surface area contributed by atoms with Crippen molar-refractivity contribution < 1.29 is 0 Å². The van der Waals surface area contributed by atoms with E-state index in [1.807, 2.05) is 0 Å². The third kappa shape index (κ3) is 2.85. The summed E-state index contributed by atoms with van der Waals surface area (Å²) in [5.41, 5.74) is 9.77. The molecule has 1 fully saturated rings. The number of piperazine rings is 1. The Morgan fingerprint density at radius 3 is 2.72 bits per heavy atom. The first-order valence-corrected chi connectivity index (χ1v) is 6.88. The third-order valence-corrected chi connectivity index (χ3v) is 3.89. The van der Waals surface area contributed by atoms with E-state index in [1.54, 1.807) is 0 Å². The van der Waals surface area contributed by atoms with E-state index in [0.29, 0.717) is 6.04 Å². The van der Waals surface area contributed by atoms with Crippen LogP contribution >= 0.6 is 0 Å². The first kappa shape index (κ1) is 13.4. The standard InChI is InChI=1S/C15H25N3/c1-12-4-5-13(2)15(10-12)18-9-8-17(7-6-16)14(3)11-18/h4-5,10,14H,6-9,11,16H2,1-3H3. The maximum atomic E-state index is 5.66. The van der Waals surface area contributed by atoms with Gasteiger partial charge >= 0.3 is 0 Å². The van der Waals surface area contributed by atoms with Gasteiger partial charge < -0.3 is 10.6 Å². The van der Waals surface area contributed by atoms with E-state index in [-0.39, 0.29) is 0 Å². The second kappa shape index (κ2) is 5.72. The zero-order chi connectivity index (χ0) is 13.1. The van der Waals surface area contributed by atoms with Crippen molar-refractivity contribution in [2.75, 3.05) is 37.6 Å². The molecule has 0 bridgehead atoms. The summed E-state index contributed by atoms with van der Waals surface area (Å²) in [6, 6.07) is 7.30. The molecule has 0 radical (unpaired) electrons. The zero-order valence-corrected chi connectivity index (χ0v) is 11.8. The molecule has 2 N–H and O–H groups in total. The minimum absolute atomic E-state index is 0.585. The first-order chi connectivity index (χ1) is 8.61. The van der Waals surface area contributed by atoms with Crippen molar-refractivity contribution in [1.29, 1.82) is 0 Å². The Hall–Kier alpha value is -1.06. The predicted molar refractivity (Wildman–Crippen MR) is 78.2 cm³/mol. The highest BCUT2D eigenvalue weighted by Gasteiger charge is 2.23. The maximum absolute atomic E-state index is 5.66. The molecule has 1 unspecified atom stereocenters. The Kier molecular flexibility index (Phi) is 4.25. The average Bonchev–Trinajstić information content (AvgIpc) is 2.35. The molecule has 0 saturated carbocycles. The van der Waals surface area contributed by atoms with Gasteiger partial charge in [-0.05, 0) is 38.0 Å². The van der Waals surface area contributed by atoms with E-state index < -0.39 is 0 Å². The number of aryl methyl sites for hydroxylation is 2. The number of nitrogens with two attached hydrogens (primary N) is 1. The lowest BCUT2D eigenvalue weighted by atomic mass is 10.1. The normalized spacial score (nSPS) is 21.3. The molecule has 0 amide bonds. The molecule has 100 valence electrons. The Labute approximate surface area is 111 Å². The van der Waals surface area contributed by atoms with Crippen LogP contribution in [0.1, 0.15) is 18.1 Å². The van der Waals surface area contributed by atoms with E-state index in [0.717, 1.165) is 32.7 Å². The highest BCUT2D eigenvalue weighted by molar-refractivity contribution is 5.55. The zero-order valence-electron chi connectivity index (χ0n) is 11.8. The summed E-state index contributed by atoms with van der Waals surface area (Å²) >= 11 is 0. The fourth-order valence-electron chi connectivity index (χ4n) is 2.77. The molecule has 2 rings (SSSR count). The van der Waals surface area contributed by atoms with Gasteiger partial charge in [0.25, 0.3) is 0 Å². The summed E-state index contributed by atoms with van der Waals surface area (Å²) in [6.07, 6.45) is 0. The Morgan fingerprint density at radius 2 is 2.06 bits per heavy atom. The van der Waals surface area contributed by atoms with Crippen LogP contribution in [-0.2, 0) is 0 Å². The SMILES string of the molecule is Cc1ccc(C)c(N2CCN(CCN)C(C)C2)c1. The molecule has 1 aromatic rings. The molecule has 0 aromatic heterocycles. The number of benzene rings is 1. The number of nitrogens with zero attached hydrogens (tertiary/aromatic N) is 2. The Morgan fingerprint density at radius 1 is 1.28 bits per heavy atom. The fraction of sp³-hybridized carbons (Fsp3) is 0.600. The van der Waals surface area contributed by atoms with Gasteiger partial charge in [0, 0.05) is 44.5 Å². The molecule has 1 atom stereocenters. The van der Waals surface area contributed by atoms with Crippen molar-refractivity contribution in [2.45, 2.75) is 26.8 Å². The summed E-state index contributed by atoms with van der Waals surface area (Å²) in [7, 11) is 0. The molecule has 18 heavy (non-hydrogen) atoms. The van der Waals surface area contributed by atoms with Crippen LogP contribution < -0.4 is 10.6 Å². The summed E-state index contributed by atoms with van der Waals surface area (Å²) in [4.78, 5) is 5.00. The number of anilines is 1. The van der Waals surface area contributed by atoms with Gasteiger partial charge in [0.1, 0.15) is 0 Å². The van der Waals surface area contributed by atoms with Crippen LogP contribution in [-0.4, -0.2) is 43.7 Å². The molecule has 3 nitrogen and oxygen atoms in total. The van der Waals surface area contributed by atoms with E-state index in [2.05, 4.69) is 48.8 Å². The van der Waals surface area contributed by atoms with Gasteiger partial charge in [-0.25, -0.2) is 0 Å². The monoisotopic (exact) mass is 247 g/mol. The minimum Gasteiger partial charge on any atom is -0.368 e. The van der Waals surface area contributed by atoms with Gasteiger partial charge in [-0.15, -0.1) is 0 Å². The summed E-state index contributed by atoms with van der Waals surface area (Å²) < 4.78 is 0. The molecular formula is C15H25N3. The molecule has 3 heteroatoms. The van der Waals surface area contributed by atoms with Crippen molar-refractivity contribution in [2.24, 2.45) is 5.73 Å².